The lowest BCUT2D eigenvalue weighted by Crippen LogP contribution is -2.29. The van der Waals surface area contributed by atoms with Crippen molar-refractivity contribution in [2.45, 2.75) is 142 Å². The van der Waals surface area contributed by atoms with Gasteiger partial charge in [-0.25, -0.2) is 0 Å². The molecule has 280 valence electrons. The highest BCUT2D eigenvalue weighted by Gasteiger charge is 2.22. The van der Waals surface area contributed by atoms with Crippen molar-refractivity contribution in [1.29, 1.82) is 0 Å². The van der Waals surface area contributed by atoms with Gasteiger partial charge in [0.1, 0.15) is 17.3 Å². The van der Waals surface area contributed by atoms with Gasteiger partial charge in [-0.05, 0) is 33.1 Å². The van der Waals surface area contributed by atoms with Crippen LogP contribution in [0.1, 0.15) is 142 Å². The summed E-state index contributed by atoms with van der Waals surface area (Å²) in [6.07, 6.45) is 18.1. The van der Waals surface area contributed by atoms with Crippen LogP contribution in [0.5, 0.6) is 0 Å². The lowest BCUT2D eigenvalue weighted by atomic mass is 9.94. The quantitative estimate of drug-likeness (QED) is 0.0696. The molecule has 11 nitrogen and oxygen atoms in total. The van der Waals surface area contributed by atoms with Crippen LogP contribution >= 0.6 is 0 Å². The second kappa shape index (κ2) is 34.6. The Kier molecular flexibility index (Phi) is 33.1. The van der Waals surface area contributed by atoms with Gasteiger partial charge in [0, 0.05) is 38.6 Å². The Hall–Kier alpha value is -2.21. The maximum atomic E-state index is 12.4. The molecule has 48 heavy (non-hydrogen) atoms. The number of carbonyl (C=O) groups excluding carboxylic acids is 4. The lowest BCUT2D eigenvalue weighted by Gasteiger charge is -2.12. The van der Waals surface area contributed by atoms with Gasteiger partial charge in [0.15, 0.2) is 0 Å². The van der Waals surface area contributed by atoms with Crippen LogP contribution in [0, 0.1) is 5.92 Å². The molecule has 0 spiro atoms. The summed E-state index contributed by atoms with van der Waals surface area (Å²) in [5.41, 5.74) is 0. The Morgan fingerprint density at radius 2 is 0.896 bits per heavy atom. The van der Waals surface area contributed by atoms with Gasteiger partial charge in [-0.2, -0.15) is 0 Å². The Morgan fingerprint density at radius 1 is 0.500 bits per heavy atom. The molecule has 0 saturated heterocycles. The second-order valence-electron chi connectivity index (χ2n) is 12.7. The van der Waals surface area contributed by atoms with Crippen molar-refractivity contribution >= 4 is 29.2 Å². The summed E-state index contributed by atoms with van der Waals surface area (Å²) in [6, 6.07) is 0. The molecular formula is C37H67NO10. The van der Waals surface area contributed by atoms with Crippen LogP contribution in [0.15, 0.2) is 0 Å². The molecular weight excluding hydrogens is 618 g/mol. The molecule has 1 atom stereocenters. The fourth-order valence-electron chi connectivity index (χ4n) is 5.14. The largest absolute Gasteiger partial charge is 0.481 e. The van der Waals surface area contributed by atoms with Crippen molar-refractivity contribution in [2.75, 3.05) is 59.4 Å². The standard InChI is InChI=1S/C37H67NO10/c1-32(39)17-15-13-11-9-7-5-3-4-6-8-10-12-14-16-18-35(41)31-34(37(43)44)19-20-36(42)38-22-24-46-26-28-48-30-29-47-27-25-45-23-21-33(2)40/h34H,3-31H2,1-2H3,(H,38,42)(H,43,44)/t34-/m1/s1. The first kappa shape index (κ1) is 45.8. The number of aliphatic carboxylic acids is 1. The molecule has 0 aliphatic carbocycles. The highest BCUT2D eigenvalue weighted by Crippen LogP contribution is 2.17. The molecule has 0 radical (unpaired) electrons. The second-order valence-corrected chi connectivity index (χ2v) is 12.7. The third-order valence-electron chi connectivity index (χ3n) is 8.06. The molecule has 0 bridgehead atoms. The van der Waals surface area contributed by atoms with E-state index in [2.05, 4.69) is 5.32 Å². The number of carbonyl (C=O) groups is 5. The molecule has 0 aromatic carbocycles. The maximum absolute atomic E-state index is 12.4. The first-order chi connectivity index (χ1) is 23.2. The minimum atomic E-state index is -1.03. The van der Waals surface area contributed by atoms with Crippen LogP contribution in [0.3, 0.4) is 0 Å². The van der Waals surface area contributed by atoms with Crippen LogP contribution < -0.4 is 5.32 Å². The average Bonchev–Trinajstić information content (AvgIpc) is 3.04. The minimum Gasteiger partial charge on any atom is -0.481 e. The summed E-state index contributed by atoms with van der Waals surface area (Å²) < 4.78 is 21.5. The summed E-state index contributed by atoms with van der Waals surface area (Å²) in [6.45, 7) is 6.74. The monoisotopic (exact) mass is 685 g/mol. The summed E-state index contributed by atoms with van der Waals surface area (Å²) in [5, 5.41) is 12.3. The van der Waals surface area contributed by atoms with Crippen LogP contribution in [-0.2, 0) is 42.9 Å². The summed E-state index contributed by atoms with van der Waals surface area (Å²) in [4.78, 5) is 57.9. The minimum absolute atomic E-state index is 0.0237. The zero-order valence-electron chi connectivity index (χ0n) is 30.2. The summed E-state index contributed by atoms with van der Waals surface area (Å²) in [5.74, 6) is -1.78. The van der Waals surface area contributed by atoms with Gasteiger partial charge in [0.05, 0.1) is 58.8 Å². The third-order valence-corrected chi connectivity index (χ3v) is 8.06. The van der Waals surface area contributed by atoms with Gasteiger partial charge >= 0.3 is 5.97 Å². The fraction of sp³-hybridized carbons (Fsp3) is 0.865. The highest BCUT2D eigenvalue weighted by molar-refractivity contribution is 5.84. The lowest BCUT2D eigenvalue weighted by molar-refractivity contribution is -0.144. The SMILES string of the molecule is CC(=O)CCCCCCCCCCCCCCCCC(=O)C[C@@H](CCC(=O)NCCOCCOCCOCCOCCC(C)=O)C(=O)O. The van der Waals surface area contributed by atoms with E-state index < -0.39 is 11.9 Å². The van der Waals surface area contributed by atoms with Crippen LogP contribution in [0.2, 0.25) is 0 Å². The number of rotatable bonds is 38. The summed E-state index contributed by atoms with van der Waals surface area (Å²) >= 11 is 0. The normalized spacial score (nSPS) is 11.8. The van der Waals surface area contributed by atoms with Crippen molar-refractivity contribution < 1.29 is 48.0 Å². The zero-order chi connectivity index (χ0) is 35.5. The van der Waals surface area contributed by atoms with Crippen molar-refractivity contribution in [3.8, 4) is 0 Å². The molecule has 0 aromatic rings. The Balaban J connectivity index is 3.61. The smallest absolute Gasteiger partial charge is 0.306 e. The van der Waals surface area contributed by atoms with Gasteiger partial charge in [-0.1, -0.05) is 77.0 Å². The van der Waals surface area contributed by atoms with E-state index in [1.807, 2.05) is 0 Å². The number of hydrogen-bond donors (Lipinski definition) is 2. The Morgan fingerprint density at radius 3 is 1.33 bits per heavy atom. The number of Topliss-reactive ketones (excluding diaryl/α,β-unsaturated/α-hetero) is 3. The third kappa shape index (κ3) is 35.1. The van der Waals surface area contributed by atoms with Gasteiger partial charge in [-0.3, -0.25) is 19.2 Å². The molecule has 0 saturated carbocycles. The van der Waals surface area contributed by atoms with Crippen LogP contribution in [0.25, 0.3) is 0 Å². The van der Waals surface area contributed by atoms with E-state index >= 15 is 0 Å². The topological polar surface area (TPSA) is 155 Å². The van der Waals surface area contributed by atoms with Gasteiger partial charge < -0.3 is 34.2 Å². The van der Waals surface area contributed by atoms with Crippen LogP contribution in [0.4, 0.5) is 0 Å². The molecule has 0 rings (SSSR count). The van der Waals surface area contributed by atoms with E-state index in [-0.39, 0.29) is 36.7 Å². The van der Waals surface area contributed by atoms with E-state index in [1.54, 1.807) is 6.92 Å². The van der Waals surface area contributed by atoms with E-state index in [0.29, 0.717) is 78.0 Å². The molecule has 0 aromatic heterocycles. The Labute approximate surface area is 289 Å². The number of unbranched alkanes of at least 4 members (excludes halogenated alkanes) is 13. The van der Waals surface area contributed by atoms with Crippen molar-refractivity contribution in [2.24, 2.45) is 5.92 Å². The molecule has 2 N–H and O–H groups in total. The van der Waals surface area contributed by atoms with Crippen LogP contribution in [-0.4, -0.2) is 93.7 Å². The number of carboxylic acids is 1. The molecule has 0 fully saturated rings. The maximum Gasteiger partial charge on any atom is 0.306 e. The Bertz CT molecular complexity index is 835. The number of ketones is 3. The first-order valence-electron chi connectivity index (χ1n) is 18.5. The number of hydrogen-bond acceptors (Lipinski definition) is 9. The number of nitrogens with one attached hydrogen (secondary N) is 1. The number of carboxylic acid groups (broad SMARTS) is 1. The molecule has 0 aliphatic heterocycles. The van der Waals surface area contributed by atoms with E-state index in [1.165, 1.54) is 71.1 Å². The van der Waals surface area contributed by atoms with Gasteiger partial charge in [0.2, 0.25) is 5.91 Å². The number of amides is 1. The average molecular weight is 686 g/mol. The summed E-state index contributed by atoms with van der Waals surface area (Å²) in [7, 11) is 0. The first-order valence-corrected chi connectivity index (χ1v) is 18.5. The van der Waals surface area contributed by atoms with Gasteiger partial charge in [-0.15, -0.1) is 0 Å². The van der Waals surface area contributed by atoms with Crippen molar-refractivity contribution in [3.05, 3.63) is 0 Å². The number of ether oxygens (including phenoxy) is 4. The van der Waals surface area contributed by atoms with E-state index in [0.717, 1.165) is 32.1 Å². The molecule has 11 heteroatoms. The molecule has 0 heterocycles. The van der Waals surface area contributed by atoms with Crippen molar-refractivity contribution in [3.63, 3.8) is 0 Å². The molecule has 0 unspecified atom stereocenters. The predicted molar refractivity (Wildman–Crippen MR) is 186 cm³/mol. The van der Waals surface area contributed by atoms with Gasteiger partial charge in [0.25, 0.3) is 0 Å². The van der Waals surface area contributed by atoms with Crippen molar-refractivity contribution in [1.82, 2.24) is 5.32 Å². The highest BCUT2D eigenvalue weighted by atomic mass is 16.6. The zero-order valence-corrected chi connectivity index (χ0v) is 30.2. The predicted octanol–water partition coefficient (Wildman–Crippen LogP) is 6.42. The fourth-order valence-corrected chi connectivity index (χ4v) is 5.14. The molecule has 0 aliphatic rings. The van der Waals surface area contributed by atoms with E-state index in [4.69, 9.17) is 18.9 Å². The molecule has 1 amide bonds. The van der Waals surface area contributed by atoms with E-state index in [9.17, 15) is 29.1 Å².